The molecule has 94 valence electrons. The van der Waals surface area contributed by atoms with Gasteiger partial charge in [-0.05, 0) is 60.2 Å². The van der Waals surface area contributed by atoms with Gasteiger partial charge in [0.15, 0.2) is 0 Å². The van der Waals surface area contributed by atoms with Crippen LogP contribution in [0.4, 0.5) is 5.69 Å². The van der Waals surface area contributed by atoms with Gasteiger partial charge in [0.1, 0.15) is 0 Å². The largest absolute Gasteiger partial charge is 0.354 e. The summed E-state index contributed by atoms with van der Waals surface area (Å²) in [6.07, 6.45) is 7.40. The fraction of sp³-hybridized carbons (Fsp3) is 0.250. The van der Waals surface area contributed by atoms with Crippen LogP contribution in [0.3, 0.4) is 0 Å². The van der Waals surface area contributed by atoms with Crippen LogP contribution < -0.4 is 10.6 Å². The highest BCUT2D eigenvalue weighted by Crippen LogP contribution is 2.32. The predicted octanol–water partition coefficient (Wildman–Crippen LogP) is 4.22. The van der Waals surface area contributed by atoms with Crippen molar-refractivity contribution in [1.82, 2.24) is 0 Å². The Bertz CT molecular complexity index is 538. The first-order valence-electron chi connectivity index (χ1n) is 6.33. The Morgan fingerprint density at radius 2 is 2.17 bits per heavy atom. The molecule has 0 saturated carbocycles. The van der Waals surface area contributed by atoms with Gasteiger partial charge in [-0.3, -0.25) is 0 Å². The van der Waals surface area contributed by atoms with E-state index in [-0.39, 0.29) is 0 Å². The van der Waals surface area contributed by atoms with E-state index < -0.39 is 0 Å². The predicted molar refractivity (Wildman–Crippen MR) is 85.2 cm³/mol. The Balaban J connectivity index is 2.59. The van der Waals surface area contributed by atoms with Gasteiger partial charge in [-0.2, -0.15) is 0 Å². The molecule has 1 heterocycles. The molecular formula is C16H20NP. The van der Waals surface area contributed by atoms with Gasteiger partial charge in [0, 0.05) is 5.70 Å². The fourth-order valence-electron chi connectivity index (χ4n) is 2.26. The zero-order chi connectivity index (χ0) is 13.1. The Morgan fingerprint density at radius 1 is 1.39 bits per heavy atom. The van der Waals surface area contributed by atoms with Crippen LogP contribution in [0, 0.1) is 6.92 Å². The van der Waals surface area contributed by atoms with Gasteiger partial charge in [0.2, 0.25) is 0 Å². The van der Waals surface area contributed by atoms with Crippen molar-refractivity contribution in [2.45, 2.75) is 20.3 Å². The van der Waals surface area contributed by atoms with Crippen LogP contribution in [-0.2, 0) is 0 Å². The highest BCUT2D eigenvalue weighted by molar-refractivity contribution is 7.46. The molecule has 2 heteroatoms. The normalized spacial score (nSPS) is 16.6. The zero-order valence-electron chi connectivity index (χ0n) is 11.3. The summed E-state index contributed by atoms with van der Waals surface area (Å²) in [5.41, 5.74) is 6.24. The average molecular weight is 257 g/mol. The van der Waals surface area contributed by atoms with Crippen molar-refractivity contribution in [1.29, 1.82) is 0 Å². The molecule has 0 amide bonds. The third-order valence-electron chi connectivity index (χ3n) is 3.09. The SMILES string of the molecule is C=CC1=Cc2cc(C)cc(PC)c2NC1=CCC. The molecule has 0 fully saturated rings. The maximum Gasteiger partial charge on any atom is 0.0533 e. The molecule has 0 aliphatic carbocycles. The van der Waals surface area contributed by atoms with Gasteiger partial charge in [-0.25, -0.2) is 0 Å². The van der Waals surface area contributed by atoms with E-state index in [1.807, 2.05) is 6.08 Å². The number of anilines is 1. The molecule has 1 aromatic rings. The van der Waals surface area contributed by atoms with Gasteiger partial charge < -0.3 is 5.32 Å². The van der Waals surface area contributed by atoms with Crippen LogP contribution in [0.5, 0.6) is 0 Å². The number of aryl methyl sites for hydroxylation is 1. The molecule has 0 saturated heterocycles. The van der Waals surface area contributed by atoms with Crippen molar-refractivity contribution in [3.8, 4) is 0 Å². The summed E-state index contributed by atoms with van der Waals surface area (Å²) in [7, 11) is 0.805. The van der Waals surface area contributed by atoms with E-state index >= 15 is 0 Å². The van der Waals surface area contributed by atoms with Crippen molar-refractivity contribution in [3.63, 3.8) is 0 Å². The van der Waals surface area contributed by atoms with Crippen LogP contribution in [0.2, 0.25) is 0 Å². The minimum atomic E-state index is 0.805. The van der Waals surface area contributed by atoms with E-state index in [0.717, 1.165) is 15.0 Å². The van der Waals surface area contributed by atoms with E-state index in [1.165, 1.54) is 33.4 Å². The molecule has 0 spiro atoms. The molecule has 1 aromatic carbocycles. The maximum atomic E-state index is 3.91. The van der Waals surface area contributed by atoms with Gasteiger partial charge >= 0.3 is 0 Å². The molecule has 1 aliphatic rings. The highest BCUT2D eigenvalue weighted by atomic mass is 31.1. The Labute approximate surface area is 111 Å². The summed E-state index contributed by atoms with van der Waals surface area (Å²) in [4.78, 5) is 0. The smallest absolute Gasteiger partial charge is 0.0533 e. The quantitative estimate of drug-likeness (QED) is 0.799. The zero-order valence-corrected chi connectivity index (χ0v) is 12.3. The van der Waals surface area contributed by atoms with Crippen LogP contribution in [0.1, 0.15) is 24.5 Å². The first-order chi connectivity index (χ1) is 8.69. The molecule has 18 heavy (non-hydrogen) atoms. The molecule has 1 atom stereocenters. The molecule has 1 nitrogen and oxygen atoms in total. The third-order valence-corrected chi connectivity index (χ3v) is 4.03. The molecule has 1 N–H and O–H groups in total. The van der Waals surface area contributed by atoms with Gasteiger partial charge in [0.25, 0.3) is 0 Å². The van der Waals surface area contributed by atoms with E-state index in [4.69, 9.17) is 0 Å². The fourth-order valence-corrected chi connectivity index (χ4v) is 3.09. The first kappa shape index (κ1) is 13.1. The summed E-state index contributed by atoms with van der Waals surface area (Å²) in [6, 6.07) is 4.51. The van der Waals surface area contributed by atoms with Crippen LogP contribution in [-0.4, -0.2) is 6.66 Å². The molecule has 2 rings (SSSR count). The first-order valence-corrected chi connectivity index (χ1v) is 7.83. The molecule has 1 unspecified atom stereocenters. The van der Waals surface area contributed by atoms with E-state index in [1.54, 1.807) is 0 Å². The number of nitrogens with one attached hydrogen (secondary N) is 1. The second kappa shape index (κ2) is 5.54. The Morgan fingerprint density at radius 3 is 2.78 bits per heavy atom. The lowest BCUT2D eigenvalue weighted by molar-refractivity contribution is 1.19. The number of hydrogen-bond acceptors (Lipinski definition) is 1. The number of benzene rings is 1. The minimum Gasteiger partial charge on any atom is -0.354 e. The van der Waals surface area contributed by atoms with Crippen LogP contribution in [0.25, 0.3) is 6.08 Å². The van der Waals surface area contributed by atoms with E-state index in [9.17, 15) is 0 Å². The van der Waals surface area contributed by atoms with E-state index in [2.05, 4.69) is 56.7 Å². The van der Waals surface area contributed by atoms with Crippen molar-refractivity contribution in [2.75, 3.05) is 12.0 Å². The summed E-state index contributed by atoms with van der Waals surface area (Å²) < 4.78 is 0. The Hall–Kier alpha value is -1.33. The average Bonchev–Trinajstić information content (AvgIpc) is 2.37. The maximum absolute atomic E-state index is 3.91. The van der Waals surface area contributed by atoms with Crippen molar-refractivity contribution < 1.29 is 0 Å². The molecule has 0 radical (unpaired) electrons. The second-order valence-electron chi connectivity index (χ2n) is 4.48. The summed E-state index contributed by atoms with van der Waals surface area (Å²) in [5.74, 6) is 0. The minimum absolute atomic E-state index is 0.805. The lowest BCUT2D eigenvalue weighted by Crippen LogP contribution is -2.15. The summed E-state index contributed by atoms with van der Waals surface area (Å²) >= 11 is 0. The van der Waals surface area contributed by atoms with Crippen molar-refractivity contribution >= 4 is 25.6 Å². The number of rotatable bonds is 3. The van der Waals surface area contributed by atoms with Crippen molar-refractivity contribution in [3.05, 3.63) is 53.3 Å². The number of allylic oxidation sites excluding steroid dienone is 2. The lowest BCUT2D eigenvalue weighted by Gasteiger charge is -2.23. The second-order valence-corrected chi connectivity index (χ2v) is 5.52. The monoisotopic (exact) mass is 257 g/mol. The highest BCUT2D eigenvalue weighted by Gasteiger charge is 2.15. The van der Waals surface area contributed by atoms with Crippen LogP contribution >= 0.6 is 8.58 Å². The molecular weight excluding hydrogens is 237 g/mol. The summed E-state index contributed by atoms with van der Waals surface area (Å²) in [5, 5.41) is 4.98. The third kappa shape index (κ3) is 2.42. The van der Waals surface area contributed by atoms with Gasteiger partial charge in [-0.15, -0.1) is 0 Å². The van der Waals surface area contributed by atoms with Crippen molar-refractivity contribution in [2.24, 2.45) is 0 Å². The molecule has 0 bridgehead atoms. The Kier molecular flexibility index (Phi) is 4.04. The van der Waals surface area contributed by atoms with E-state index in [0.29, 0.717) is 0 Å². The molecule has 0 aromatic heterocycles. The molecule has 1 aliphatic heterocycles. The number of hydrogen-bond donors (Lipinski definition) is 1. The number of fused-ring (bicyclic) bond motifs is 1. The standard InChI is InChI=1S/C16H20NP/c1-5-7-14-12(6-2)10-13-8-11(3)9-15(18-4)16(13)17-14/h6-10,17-18H,2,5H2,1,3-4H3. The van der Waals surface area contributed by atoms with Crippen LogP contribution in [0.15, 0.2) is 42.1 Å². The van der Waals surface area contributed by atoms with Gasteiger partial charge in [0.05, 0.1) is 5.69 Å². The van der Waals surface area contributed by atoms with Gasteiger partial charge in [-0.1, -0.05) is 34.2 Å². The summed E-state index contributed by atoms with van der Waals surface area (Å²) in [6.45, 7) is 10.4. The lowest BCUT2D eigenvalue weighted by atomic mass is 9.99. The topological polar surface area (TPSA) is 12.0 Å².